The van der Waals surface area contributed by atoms with Gasteiger partial charge in [-0.3, -0.25) is 19.2 Å². The Bertz CT molecular complexity index is 2080. The number of aryl methyl sites for hydroxylation is 1. The molecule has 0 radical (unpaired) electrons. The van der Waals surface area contributed by atoms with Crippen molar-refractivity contribution in [3.8, 4) is 0 Å². The molecule has 334 valence electrons. The fourth-order valence-corrected chi connectivity index (χ4v) is 8.36. The van der Waals surface area contributed by atoms with Gasteiger partial charge in [0.2, 0.25) is 17.6 Å². The van der Waals surface area contributed by atoms with Crippen LogP contribution in [0.1, 0.15) is 136 Å². The zero-order valence-corrected chi connectivity index (χ0v) is 37.3. The van der Waals surface area contributed by atoms with Gasteiger partial charge in [-0.05, 0) is 121 Å². The number of carbonyl (C=O) groups is 4. The van der Waals surface area contributed by atoms with Gasteiger partial charge in [-0.25, -0.2) is 4.79 Å². The van der Waals surface area contributed by atoms with Crippen LogP contribution in [-0.2, 0) is 30.3 Å². The van der Waals surface area contributed by atoms with Gasteiger partial charge in [0.15, 0.2) is 5.76 Å². The molecule has 1 aromatic heterocycles. The summed E-state index contributed by atoms with van der Waals surface area (Å²) >= 11 is 0. The quantitative estimate of drug-likeness (QED) is 0.0339. The minimum Gasteiger partial charge on any atom is -0.504 e. The number of esters is 1. The first-order valence-corrected chi connectivity index (χ1v) is 22.2. The third-order valence-electron chi connectivity index (χ3n) is 12.5. The maximum absolute atomic E-state index is 13.7. The lowest BCUT2D eigenvalue weighted by Crippen LogP contribution is -2.32. The SMILES string of the molecule is C/C1=C/CC/C(C)=C/CC2(C)C(=O)C(O)=C(C(C)COC(=O)CCCCCNC(=O)CCCCCNC(=O)Cc3c(C)c4ccc(N)cc4oc3=O)C2C/C=C(\C)C(O)CC1. The number of nitrogens with two attached hydrogens (primary N) is 1. The van der Waals surface area contributed by atoms with Gasteiger partial charge < -0.3 is 35.7 Å². The summed E-state index contributed by atoms with van der Waals surface area (Å²) < 4.78 is 11.0. The van der Waals surface area contributed by atoms with Crippen molar-refractivity contribution >= 4 is 40.2 Å². The van der Waals surface area contributed by atoms with Crippen LogP contribution >= 0.6 is 0 Å². The predicted octanol–water partition coefficient (Wildman–Crippen LogP) is 8.33. The summed E-state index contributed by atoms with van der Waals surface area (Å²) in [4.78, 5) is 63.8. The van der Waals surface area contributed by atoms with Crippen molar-refractivity contribution in [3.63, 3.8) is 0 Å². The lowest BCUT2D eigenvalue weighted by Gasteiger charge is -2.32. The summed E-state index contributed by atoms with van der Waals surface area (Å²) in [6.07, 6.45) is 14.7. The van der Waals surface area contributed by atoms with E-state index in [1.54, 1.807) is 25.1 Å². The first-order chi connectivity index (χ1) is 29.0. The Morgan fingerprint density at radius 1 is 0.918 bits per heavy atom. The van der Waals surface area contributed by atoms with E-state index in [0.29, 0.717) is 86.0 Å². The Labute approximate surface area is 361 Å². The highest BCUT2D eigenvalue weighted by molar-refractivity contribution is 6.02. The molecule has 1 heterocycles. The van der Waals surface area contributed by atoms with Crippen molar-refractivity contribution in [3.05, 3.63) is 86.0 Å². The van der Waals surface area contributed by atoms with Gasteiger partial charge in [-0.2, -0.15) is 0 Å². The number of rotatable bonds is 17. The molecular formula is C49H69N3O9. The molecule has 2 aliphatic rings. The van der Waals surface area contributed by atoms with Crippen LogP contribution in [-0.4, -0.2) is 59.6 Å². The molecule has 2 amide bonds. The molecule has 6 N–H and O–H groups in total. The molecule has 0 saturated heterocycles. The average molecular weight is 844 g/mol. The number of fused-ring (bicyclic) bond motifs is 2. The highest BCUT2D eigenvalue weighted by Gasteiger charge is 2.51. The van der Waals surface area contributed by atoms with Crippen molar-refractivity contribution < 1.29 is 38.5 Å². The molecule has 12 heteroatoms. The molecule has 4 unspecified atom stereocenters. The second-order valence-corrected chi connectivity index (χ2v) is 17.5. The maximum atomic E-state index is 13.7. The number of nitrogen functional groups attached to an aromatic ring is 1. The van der Waals surface area contributed by atoms with E-state index in [1.807, 2.05) is 26.8 Å². The fraction of sp³-hybridized carbons (Fsp3) is 0.571. The molecule has 0 bridgehead atoms. The number of nitrogens with one attached hydrogen (secondary N) is 2. The van der Waals surface area contributed by atoms with Gasteiger partial charge in [-0.15, -0.1) is 0 Å². The Kier molecular flexibility index (Phi) is 18.6. The summed E-state index contributed by atoms with van der Waals surface area (Å²) in [6, 6.07) is 5.10. The van der Waals surface area contributed by atoms with Gasteiger partial charge in [0.25, 0.3) is 0 Å². The summed E-state index contributed by atoms with van der Waals surface area (Å²) in [7, 11) is 0. The van der Waals surface area contributed by atoms with Crippen LogP contribution in [0, 0.1) is 24.2 Å². The second-order valence-electron chi connectivity index (χ2n) is 17.5. The highest BCUT2D eigenvalue weighted by atomic mass is 16.5. The molecule has 61 heavy (non-hydrogen) atoms. The summed E-state index contributed by atoms with van der Waals surface area (Å²) in [5, 5.41) is 28.6. The Morgan fingerprint density at radius 2 is 1.59 bits per heavy atom. The number of allylic oxidation sites excluding steroid dienone is 6. The number of amides is 2. The van der Waals surface area contributed by atoms with Gasteiger partial charge in [0.05, 0.1) is 24.7 Å². The van der Waals surface area contributed by atoms with Crippen molar-refractivity contribution in [1.82, 2.24) is 10.6 Å². The normalized spacial score (nSPS) is 23.3. The number of anilines is 1. The second kappa shape index (κ2) is 23.3. The lowest BCUT2D eigenvalue weighted by atomic mass is 9.70. The molecule has 12 nitrogen and oxygen atoms in total. The van der Waals surface area contributed by atoms with Crippen molar-refractivity contribution in [1.29, 1.82) is 0 Å². The minimum atomic E-state index is -0.861. The molecule has 0 fully saturated rings. The minimum absolute atomic E-state index is 0.0416. The predicted molar refractivity (Wildman–Crippen MR) is 240 cm³/mol. The highest BCUT2D eigenvalue weighted by Crippen LogP contribution is 2.51. The van der Waals surface area contributed by atoms with Crippen LogP contribution in [0.4, 0.5) is 5.69 Å². The van der Waals surface area contributed by atoms with Crippen LogP contribution in [0.25, 0.3) is 11.0 Å². The number of carbonyl (C=O) groups excluding carboxylic acids is 4. The fourth-order valence-electron chi connectivity index (χ4n) is 8.36. The summed E-state index contributed by atoms with van der Waals surface area (Å²) in [6.45, 7) is 12.7. The van der Waals surface area contributed by atoms with Crippen LogP contribution in [0.2, 0.25) is 0 Å². The van der Waals surface area contributed by atoms with Crippen molar-refractivity contribution in [2.24, 2.45) is 17.3 Å². The van der Waals surface area contributed by atoms with E-state index in [1.165, 1.54) is 11.1 Å². The molecule has 0 aliphatic heterocycles. The Morgan fingerprint density at radius 3 is 2.31 bits per heavy atom. The monoisotopic (exact) mass is 844 g/mol. The smallest absolute Gasteiger partial charge is 0.340 e. The number of ketones is 1. The first kappa shape index (κ1) is 48.7. The number of ether oxygens (including phenoxy) is 1. The average Bonchev–Trinajstić information content (AvgIpc) is 3.40. The number of hydrogen-bond donors (Lipinski definition) is 5. The van der Waals surface area contributed by atoms with E-state index in [-0.39, 0.29) is 60.6 Å². The zero-order chi connectivity index (χ0) is 44.7. The molecule has 0 spiro atoms. The third-order valence-corrected chi connectivity index (χ3v) is 12.5. The molecule has 0 saturated carbocycles. The largest absolute Gasteiger partial charge is 0.504 e. The maximum Gasteiger partial charge on any atom is 0.340 e. The number of Topliss-reactive ketones (excluding diaryl/α,β-unsaturated/α-hetero) is 1. The zero-order valence-electron chi connectivity index (χ0n) is 37.3. The molecule has 2 aromatic rings. The molecule has 2 aliphatic carbocycles. The first-order valence-electron chi connectivity index (χ1n) is 22.2. The topological polar surface area (TPSA) is 198 Å². The molecule has 4 atom stereocenters. The molecular weight excluding hydrogens is 775 g/mol. The van der Waals surface area contributed by atoms with Gasteiger partial charge in [-0.1, -0.05) is 56.1 Å². The van der Waals surface area contributed by atoms with E-state index < -0.39 is 17.1 Å². The van der Waals surface area contributed by atoms with Crippen LogP contribution in [0.3, 0.4) is 0 Å². The molecule has 1 aromatic carbocycles. The van der Waals surface area contributed by atoms with Crippen LogP contribution in [0.5, 0.6) is 0 Å². The van der Waals surface area contributed by atoms with Crippen molar-refractivity contribution in [2.75, 3.05) is 25.4 Å². The van der Waals surface area contributed by atoms with Crippen LogP contribution in [0.15, 0.2) is 73.7 Å². The number of benzene rings is 1. The standard InChI is InChI=1S/C49H69N3O9/c1-31-14-13-15-32(2)24-25-49(6)39(22-19-33(3)40(53)23-18-31)45(46(57)47(49)58)34(4)30-60-44(56)17-10-8-12-26-51-42(54)16-9-7-11-27-52-43(55)29-38-35(5)37-21-20-36(50)28-41(37)61-48(38)59/h14,19-21,24,28,34,39-40,53,57H,7-13,15-18,22-23,25-27,29-30,50H2,1-6H3,(H,51,54)(H,52,55)/b31-14-,32-24+,33-19+. The van der Waals surface area contributed by atoms with E-state index >= 15 is 0 Å². The van der Waals surface area contributed by atoms with Gasteiger partial charge >= 0.3 is 11.6 Å². The third kappa shape index (κ3) is 14.0. The Balaban J connectivity index is 1.12. The van der Waals surface area contributed by atoms with Gasteiger partial charge in [0, 0.05) is 60.3 Å². The summed E-state index contributed by atoms with van der Waals surface area (Å²) in [5.41, 5.74) is 10.2. The van der Waals surface area contributed by atoms with E-state index in [2.05, 4.69) is 36.6 Å². The van der Waals surface area contributed by atoms with E-state index in [9.17, 15) is 34.2 Å². The lowest BCUT2D eigenvalue weighted by molar-refractivity contribution is -0.144. The number of aliphatic hydroxyl groups is 2. The van der Waals surface area contributed by atoms with E-state index in [4.69, 9.17) is 14.9 Å². The Hall–Kier alpha value is -4.97. The molecule has 4 rings (SSSR count). The number of aliphatic hydroxyl groups excluding tert-OH is 2. The van der Waals surface area contributed by atoms with E-state index in [0.717, 1.165) is 49.5 Å². The van der Waals surface area contributed by atoms with Crippen LogP contribution < -0.4 is 22.0 Å². The van der Waals surface area contributed by atoms with Gasteiger partial charge in [0.1, 0.15) is 5.58 Å². The van der Waals surface area contributed by atoms with Crippen molar-refractivity contribution in [2.45, 2.75) is 144 Å². The number of unbranched alkanes of at least 4 members (excludes halogenated alkanes) is 4. The number of hydrogen-bond acceptors (Lipinski definition) is 10. The summed E-state index contributed by atoms with van der Waals surface area (Å²) in [5.74, 6) is -1.85.